The summed E-state index contributed by atoms with van der Waals surface area (Å²) in [4.78, 5) is 6.94. The Bertz CT molecular complexity index is 592. The molecule has 1 aromatic rings. The molecule has 1 saturated heterocycles. The lowest BCUT2D eigenvalue weighted by Crippen LogP contribution is -2.40. The highest BCUT2D eigenvalue weighted by molar-refractivity contribution is 5.80. The molecule has 2 aliphatic carbocycles. The number of aliphatic imine (C=N–C) groups is 1. The number of fused-ring (bicyclic) bond motifs is 2. The first-order valence-electron chi connectivity index (χ1n) is 9.67. The molecule has 4 atom stereocenters. The van der Waals surface area contributed by atoms with Gasteiger partial charge in [-0.1, -0.05) is 6.42 Å². The summed E-state index contributed by atoms with van der Waals surface area (Å²) >= 11 is 0. The van der Waals surface area contributed by atoms with Crippen molar-refractivity contribution in [1.82, 2.24) is 20.0 Å². The van der Waals surface area contributed by atoms with Gasteiger partial charge in [0.2, 0.25) is 0 Å². The van der Waals surface area contributed by atoms with Gasteiger partial charge in [0.05, 0.1) is 6.20 Å². The maximum Gasteiger partial charge on any atom is 0.193 e. The zero-order chi connectivity index (χ0) is 16.5. The second-order valence-electron chi connectivity index (χ2n) is 8.08. The van der Waals surface area contributed by atoms with E-state index in [1.807, 2.05) is 25.0 Å². The Kier molecular flexibility index (Phi) is 4.51. The van der Waals surface area contributed by atoms with Crippen molar-refractivity contribution in [3.05, 3.63) is 18.0 Å². The summed E-state index contributed by atoms with van der Waals surface area (Å²) in [5.74, 6) is 4.72. The summed E-state index contributed by atoms with van der Waals surface area (Å²) in [6, 6.07) is 0. The molecule has 4 rings (SSSR count). The third-order valence-corrected chi connectivity index (χ3v) is 6.58. The normalized spacial score (nSPS) is 32.8. The molecule has 4 unspecified atom stereocenters. The maximum atomic E-state index is 4.53. The molecule has 2 saturated carbocycles. The Morgan fingerprint density at radius 2 is 2.25 bits per heavy atom. The van der Waals surface area contributed by atoms with E-state index in [1.54, 1.807) is 0 Å². The van der Waals surface area contributed by atoms with E-state index in [9.17, 15) is 0 Å². The molecule has 2 heterocycles. The molecule has 0 amide bonds. The summed E-state index contributed by atoms with van der Waals surface area (Å²) in [6.07, 6.45) is 12.7. The van der Waals surface area contributed by atoms with Crippen LogP contribution in [0.15, 0.2) is 17.4 Å². The Balaban J connectivity index is 1.25. The molecule has 1 N–H and O–H groups in total. The van der Waals surface area contributed by atoms with Gasteiger partial charge < -0.3 is 10.2 Å². The van der Waals surface area contributed by atoms with Crippen molar-refractivity contribution >= 4 is 5.96 Å². The fourth-order valence-electron chi connectivity index (χ4n) is 5.31. The number of rotatable bonds is 4. The minimum atomic E-state index is 0.586. The lowest BCUT2D eigenvalue weighted by atomic mass is 9.86. The van der Waals surface area contributed by atoms with Crippen LogP contribution in [0.5, 0.6) is 0 Å². The minimum Gasteiger partial charge on any atom is -0.356 e. The van der Waals surface area contributed by atoms with E-state index in [0.29, 0.717) is 5.92 Å². The van der Waals surface area contributed by atoms with Gasteiger partial charge in [-0.25, -0.2) is 0 Å². The molecule has 1 aliphatic heterocycles. The zero-order valence-electron chi connectivity index (χ0n) is 15.1. The van der Waals surface area contributed by atoms with Crippen LogP contribution in [0.2, 0.25) is 0 Å². The fraction of sp³-hybridized carbons (Fsp3) is 0.789. The van der Waals surface area contributed by atoms with Crippen molar-refractivity contribution in [3.8, 4) is 0 Å². The Morgan fingerprint density at radius 1 is 1.33 bits per heavy atom. The summed E-state index contributed by atoms with van der Waals surface area (Å²) in [6.45, 7) is 3.22. The summed E-state index contributed by atoms with van der Waals surface area (Å²) < 4.78 is 1.90. The number of nitrogens with zero attached hydrogens (tertiary/aromatic N) is 4. The van der Waals surface area contributed by atoms with Gasteiger partial charge in [0.1, 0.15) is 0 Å². The number of nitrogens with one attached hydrogen (secondary N) is 1. The number of likely N-dealkylation sites (tertiary alicyclic amines) is 1. The highest BCUT2D eigenvalue weighted by atomic mass is 15.3. The van der Waals surface area contributed by atoms with Gasteiger partial charge in [0, 0.05) is 45.8 Å². The molecular weight excluding hydrogens is 298 g/mol. The highest BCUT2D eigenvalue weighted by Crippen LogP contribution is 2.49. The topological polar surface area (TPSA) is 45.5 Å². The molecule has 132 valence electrons. The van der Waals surface area contributed by atoms with Gasteiger partial charge in [0.15, 0.2) is 5.96 Å². The first kappa shape index (κ1) is 16.0. The van der Waals surface area contributed by atoms with Crippen LogP contribution < -0.4 is 5.32 Å². The lowest BCUT2D eigenvalue weighted by molar-refractivity contribution is 0.313. The Morgan fingerprint density at radius 3 is 2.92 bits per heavy atom. The summed E-state index contributed by atoms with van der Waals surface area (Å²) in [7, 11) is 3.91. The SMILES string of the molecule is CN=C(NCCC1CC2CCC1C2)N1CCC(c2cnn(C)c2)C1. The van der Waals surface area contributed by atoms with E-state index in [-0.39, 0.29) is 0 Å². The summed E-state index contributed by atoms with van der Waals surface area (Å²) in [5.41, 5.74) is 1.36. The standard InChI is InChI=1S/C19H31N5/c1-20-19(21-7-5-16-10-14-3-4-15(16)9-14)24-8-6-17(13-24)18-11-22-23(2)12-18/h11-12,14-17H,3-10,13H2,1-2H3,(H,20,21). The molecule has 0 spiro atoms. The van der Waals surface area contributed by atoms with Crippen LogP contribution in [-0.4, -0.2) is 47.3 Å². The third kappa shape index (κ3) is 3.17. The van der Waals surface area contributed by atoms with Gasteiger partial charge in [-0.15, -0.1) is 0 Å². The van der Waals surface area contributed by atoms with Crippen LogP contribution in [0, 0.1) is 17.8 Å². The lowest BCUT2D eigenvalue weighted by Gasteiger charge is -2.25. The van der Waals surface area contributed by atoms with Crippen molar-refractivity contribution in [2.75, 3.05) is 26.7 Å². The van der Waals surface area contributed by atoms with E-state index in [1.165, 1.54) is 44.1 Å². The van der Waals surface area contributed by atoms with E-state index in [4.69, 9.17) is 0 Å². The number of hydrogen-bond acceptors (Lipinski definition) is 2. The average molecular weight is 329 g/mol. The number of hydrogen-bond donors (Lipinski definition) is 1. The molecule has 3 fully saturated rings. The van der Waals surface area contributed by atoms with E-state index in [2.05, 4.69) is 26.5 Å². The van der Waals surface area contributed by atoms with Crippen molar-refractivity contribution < 1.29 is 0 Å². The highest BCUT2D eigenvalue weighted by Gasteiger charge is 2.38. The molecule has 5 nitrogen and oxygen atoms in total. The first-order valence-corrected chi connectivity index (χ1v) is 9.67. The quantitative estimate of drug-likeness (QED) is 0.682. The smallest absolute Gasteiger partial charge is 0.193 e. The Labute approximate surface area is 145 Å². The molecular formula is C19H31N5. The summed E-state index contributed by atoms with van der Waals surface area (Å²) in [5, 5.41) is 7.95. The van der Waals surface area contributed by atoms with Crippen molar-refractivity contribution in [3.63, 3.8) is 0 Å². The van der Waals surface area contributed by atoms with Crippen LogP contribution >= 0.6 is 0 Å². The molecule has 2 bridgehead atoms. The molecule has 0 aromatic carbocycles. The van der Waals surface area contributed by atoms with E-state index in [0.717, 1.165) is 43.3 Å². The van der Waals surface area contributed by atoms with Gasteiger partial charge in [0.25, 0.3) is 0 Å². The predicted molar refractivity (Wildman–Crippen MR) is 97.1 cm³/mol. The first-order chi connectivity index (χ1) is 11.7. The molecule has 0 radical (unpaired) electrons. The maximum absolute atomic E-state index is 4.53. The fourth-order valence-corrected chi connectivity index (χ4v) is 5.31. The van der Waals surface area contributed by atoms with Gasteiger partial charge in [-0.3, -0.25) is 9.67 Å². The number of aromatic nitrogens is 2. The van der Waals surface area contributed by atoms with Gasteiger partial charge in [-0.05, 0) is 55.4 Å². The minimum absolute atomic E-state index is 0.586. The van der Waals surface area contributed by atoms with Crippen molar-refractivity contribution in [2.45, 2.75) is 44.4 Å². The van der Waals surface area contributed by atoms with Crippen LogP contribution in [0.25, 0.3) is 0 Å². The number of aryl methyl sites for hydroxylation is 1. The van der Waals surface area contributed by atoms with Crippen molar-refractivity contribution in [1.29, 1.82) is 0 Å². The van der Waals surface area contributed by atoms with Gasteiger partial charge >= 0.3 is 0 Å². The zero-order valence-corrected chi connectivity index (χ0v) is 15.1. The van der Waals surface area contributed by atoms with Crippen LogP contribution in [0.1, 0.15) is 50.0 Å². The van der Waals surface area contributed by atoms with E-state index < -0.39 is 0 Å². The second kappa shape index (κ2) is 6.77. The van der Waals surface area contributed by atoms with Gasteiger partial charge in [-0.2, -0.15) is 5.10 Å². The molecule has 24 heavy (non-hydrogen) atoms. The van der Waals surface area contributed by atoms with Crippen LogP contribution in [0.4, 0.5) is 0 Å². The second-order valence-corrected chi connectivity index (χ2v) is 8.08. The Hall–Kier alpha value is -1.52. The molecule has 3 aliphatic rings. The third-order valence-electron chi connectivity index (χ3n) is 6.58. The molecule has 1 aromatic heterocycles. The number of guanidine groups is 1. The van der Waals surface area contributed by atoms with E-state index >= 15 is 0 Å². The molecule has 5 heteroatoms. The predicted octanol–water partition coefficient (Wildman–Crippen LogP) is 2.61. The van der Waals surface area contributed by atoms with Crippen molar-refractivity contribution in [2.24, 2.45) is 29.8 Å². The largest absolute Gasteiger partial charge is 0.356 e. The monoisotopic (exact) mass is 329 g/mol. The van der Waals surface area contributed by atoms with Crippen LogP contribution in [-0.2, 0) is 7.05 Å². The van der Waals surface area contributed by atoms with Crippen LogP contribution in [0.3, 0.4) is 0 Å². The average Bonchev–Trinajstić information content (AvgIpc) is 3.34.